The zero-order chi connectivity index (χ0) is 14.5. The van der Waals surface area contributed by atoms with E-state index in [1.807, 2.05) is 12.1 Å². The van der Waals surface area contributed by atoms with Crippen molar-refractivity contribution in [3.63, 3.8) is 0 Å². The molecule has 1 heterocycles. The van der Waals surface area contributed by atoms with Crippen LogP contribution in [-0.2, 0) is 13.1 Å². The first-order valence-electron chi connectivity index (χ1n) is 7.80. The lowest BCUT2D eigenvalue weighted by Gasteiger charge is -2.21. The molecule has 1 atom stereocenters. The lowest BCUT2D eigenvalue weighted by molar-refractivity contribution is 0.261. The van der Waals surface area contributed by atoms with E-state index in [1.165, 1.54) is 19.3 Å². The molecule has 20 heavy (non-hydrogen) atoms. The Balaban J connectivity index is 1.96. The third-order valence-electron chi connectivity index (χ3n) is 4.56. The molecule has 1 saturated heterocycles. The Bertz CT molecular complexity index is 431. The van der Waals surface area contributed by atoms with Crippen molar-refractivity contribution in [2.75, 3.05) is 13.1 Å². The van der Waals surface area contributed by atoms with Gasteiger partial charge in [-0.25, -0.2) is 4.39 Å². The third kappa shape index (κ3) is 4.03. The molecule has 0 aliphatic carbocycles. The van der Waals surface area contributed by atoms with Crippen molar-refractivity contribution in [3.8, 4) is 0 Å². The van der Waals surface area contributed by atoms with Crippen molar-refractivity contribution in [2.24, 2.45) is 17.6 Å². The summed E-state index contributed by atoms with van der Waals surface area (Å²) in [6.45, 7) is 7.91. The average Bonchev–Trinajstić information content (AvgIpc) is 2.66. The number of likely N-dealkylation sites (tertiary alicyclic amines) is 1. The fraction of sp³-hybridized carbons (Fsp3) is 0.647. The summed E-state index contributed by atoms with van der Waals surface area (Å²) >= 11 is 0. The zero-order valence-corrected chi connectivity index (χ0v) is 12.7. The van der Waals surface area contributed by atoms with Gasteiger partial charge in [0.15, 0.2) is 0 Å². The number of nitrogens with zero attached hydrogens (tertiary/aromatic N) is 1. The largest absolute Gasteiger partial charge is 0.326 e. The van der Waals surface area contributed by atoms with E-state index < -0.39 is 0 Å². The van der Waals surface area contributed by atoms with Gasteiger partial charge in [0.1, 0.15) is 5.82 Å². The van der Waals surface area contributed by atoms with E-state index in [1.54, 1.807) is 6.07 Å². The van der Waals surface area contributed by atoms with Gasteiger partial charge in [-0.1, -0.05) is 26.0 Å². The molecule has 1 unspecified atom stereocenters. The van der Waals surface area contributed by atoms with E-state index in [9.17, 15) is 4.39 Å². The van der Waals surface area contributed by atoms with E-state index in [4.69, 9.17) is 5.73 Å². The van der Waals surface area contributed by atoms with Crippen LogP contribution in [0.1, 0.15) is 44.2 Å². The van der Waals surface area contributed by atoms with Gasteiger partial charge in [-0.3, -0.25) is 4.90 Å². The van der Waals surface area contributed by atoms with Crippen molar-refractivity contribution >= 4 is 0 Å². The lowest BCUT2D eigenvalue weighted by atomic mass is 9.89. The summed E-state index contributed by atoms with van der Waals surface area (Å²) in [7, 11) is 0. The summed E-state index contributed by atoms with van der Waals surface area (Å²) in [6, 6.07) is 5.40. The molecule has 1 aliphatic rings. The van der Waals surface area contributed by atoms with Crippen molar-refractivity contribution in [1.29, 1.82) is 0 Å². The average molecular weight is 278 g/mol. The quantitative estimate of drug-likeness (QED) is 0.912. The van der Waals surface area contributed by atoms with E-state index in [0.29, 0.717) is 6.54 Å². The summed E-state index contributed by atoms with van der Waals surface area (Å²) in [5, 5.41) is 0. The highest BCUT2D eigenvalue weighted by Gasteiger charge is 2.20. The number of benzene rings is 1. The van der Waals surface area contributed by atoms with Crippen molar-refractivity contribution in [2.45, 2.75) is 46.2 Å². The number of hydrogen-bond acceptors (Lipinski definition) is 2. The van der Waals surface area contributed by atoms with Gasteiger partial charge in [0, 0.05) is 18.7 Å². The Labute approximate surface area is 122 Å². The smallest absolute Gasteiger partial charge is 0.128 e. The van der Waals surface area contributed by atoms with Gasteiger partial charge in [0.2, 0.25) is 0 Å². The second-order valence-electron chi connectivity index (χ2n) is 6.34. The number of rotatable bonds is 4. The zero-order valence-electron chi connectivity index (χ0n) is 12.7. The molecular weight excluding hydrogens is 251 g/mol. The van der Waals surface area contributed by atoms with Crippen LogP contribution in [0.5, 0.6) is 0 Å². The second kappa shape index (κ2) is 7.19. The predicted octanol–water partition coefficient (Wildman–Crippen LogP) is 3.54. The molecule has 0 saturated carbocycles. The first kappa shape index (κ1) is 15.5. The Morgan fingerprint density at radius 2 is 2.10 bits per heavy atom. The normalized spacial score (nSPS) is 21.1. The third-order valence-corrected chi connectivity index (χ3v) is 4.56. The summed E-state index contributed by atoms with van der Waals surface area (Å²) in [5.74, 6) is 1.47. The molecule has 1 aromatic rings. The maximum atomic E-state index is 14.0. The van der Waals surface area contributed by atoms with E-state index in [2.05, 4.69) is 18.7 Å². The van der Waals surface area contributed by atoms with Crippen LogP contribution < -0.4 is 5.73 Å². The molecule has 1 fully saturated rings. The second-order valence-corrected chi connectivity index (χ2v) is 6.34. The van der Waals surface area contributed by atoms with Crippen LogP contribution in [0, 0.1) is 17.7 Å². The molecule has 3 heteroatoms. The Kier molecular flexibility index (Phi) is 5.55. The molecular formula is C17H27FN2. The molecule has 1 aliphatic heterocycles. The van der Waals surface area contributed by atoms with Gasteiger partial charge in [-0.15, -0.1) is 0 Å². The van der Waals surface area contributed by atoms with Crippen LogP contribution in [0.25, 0.3) is 0 Å². The highest BCUT2D eigenvalue weighted by atomic mass is 19.1. The molecule has 0 aromatic heterocycles. The van der Waals surface area contributed by atoms with Gasteiger partial charge in [0.05, 0.1) is 0 Å². The highest BCUT2D eigenvalue weighted by Crippen LogP contribution is 2.25. The van der Waals surface area contributed by atoms with Crippen LogP contribution in [0.3, 0.4) is 0 Å². The number of nitrogens with two attached hydrogens (primary N) is 1. The SMILES string of the molecule is CC(C)C1CCCN(Cc2ccc(CN)cc2F)CC1. The Morgan fingerprint density at radius 3 is 2.75 bits per heavy atom. The molecule has 0 spiro atoms. The van der Waals surface area contributed by atoms with Crippen LogP contribution in [-0.4, -0.2) is 18.0 Å². The predicted molar refractivity (Wildman–Crippen MR) is 81.7 cm³/mol. The summed E-state index contributed by atoms with van der Waals surface area (Å²) < 4.78 is 14.0. The van der Waals surface area contributed by atoms with E-state index in [0.717, 1.165) is 42.6 Å². The molecule has 0 amide bonds. The summed E-state index contributed by atoms with van der Waals surface area (Å²) in [5.41, 5.74) is 7.20. The molecule has 2 N–H and O–H groups in total. The van der Waals surface area contributed by atoms with Gasteiger partial charge >= 0.3 is 0 Å². The summed E-state index contributed by atoms with van der Waals surface area (Å²) in [6.07, 6.45) is 3.77. The molecule has 2 rings (SSSR count). The first-order valence-corrected chi connectivity index (χ1v) is 7.80. The minimum absolute atomic E-state index is 0.113. The van der Waals surface area contributed by atoms with Gasteiger partial charge in [-0.2, -0.15) is 0 Å². The molecule has 1 aromatic carbocycles. The molecule has 112 valence electrons. The van der Waals surface area contributed by atoms with Crippen molar-refractivity contribution in [1.82, 2.24) is 4.90 Å². The minimum atomic E-state index is -0.113. The van der Waals surface area contributed by atoms with Crippen molar-refractivity contribution < 1.29 is 4.39 Å². The van der Waals surface area contributed by atoms with Gasteiger partial charge < -0.3 is 5.73 Å². The van der Waals surface area contributed by atoms with E-state index in [-0.39, 0.29) is 5.82 Å². The Hall–Kier alpha value is -0.930. The standard InChI is InChI=1S/C17H27FN2/c1-13(2)15-4-3-8-20(9-7-15)12-16-6-5-14(11-19)10-17(16)18/h5-6,10,13,15H,3-4,7-9,11-12,19H2,1-2H3. The van der Waals surface area contributed by atoms with Crippen LogP contribution in [0.4, 0.5) is 4.39 Å². The van der Waals surface area contributed by atoms with Gasteiger partial charge in [0.25, 0.3) is 0 Å². The lowest BCUT2D eigenvalue weighted by Crippen LogP contribution is -2.25. The highest BCUT2D eigenvalue weighted by molar-refractivity contribution is 5.24. The monoisotopic (exact) mass is 278 g/mol. The van der Waals surface area contributed by atoms with Crippen LogP contribution in [0.2, 0.25) is 0 Å². The maximum Gasteiger partial charge on any atom is 0.128 e. The van der Waals surface area contributed by atoms with Crippen molar-refractivity contribution in [3.05, 3.63) is 35.1 Å². The fourth-order valence-corrected chi connectivity index (χ4v) is 3.09. The molecule has 0 bridgehead atoms. The maximum absolute atomic E-state index is 14.0. The van der Waals surface area contributed by atoms with Gasteiger partial charge in [-0.05, 0) is 55.8 Å². The Morgan fingerprint density at radius 1 is 1.30 bits per heavy atom. The fourth-order valence-electron chi connectivity index (χ4n) is 3.09. The van der Waals surface area contributed by atoms with E-state index >= 15 is 0 Å². The minimum Gasteiger partial charge on any atom is -0.326 e. The number of hydrogen-bond donors (Lipinski definition) is 1. The summed E-state index contributed by atoms with van der Waals surface area (Å²) in [4.78, 5) is 2.39. The molecule has 2 nitrogen and oxygen atoms in total. The molecule has 0 radical (unpaired) electrons. The van der Waals surface area contributed by atoms with Crippen LogP contribution in [0.15, 0.2) is 18.2 Å². The topological polar surface area (TPSA) is 29.3 Å². The number of halogens is 1. The van der Waals surface area contributed by atoms with Crippen LogP contribution >= 0.6 is 0 Å². The first-order chi connectivity index (χ1) is 9.60.